The molecule has 17 heavy (non-hydrogen) atoms. The number of carbonyl (C=O) groups is 2. The minimum atomic E-state index is -1.39. The minimum absolute atomic E-state index is 0.0600. The van der Waals surface area contributed by atoms with Gasteiger partial charge in [-0.3, -0.25) is 9.69 Å². The Hall–Kier alpha value is -0.620. The highest BCUT2D eigenvalue weighted by Gasteiger charge is 2.25. The first-order chi connectivity index (χ1) is 7.88. The molecule has 0 bridgehead atoms. The number of furan rings is 1. The van der Waals surface area contributed by atoms with Crippen LogP contribution in [0.25, 0.3) is 0 Å². The maximum atomic E-state index is 11.1. The molecule has 1 rings (SSSR count). The summed E-state index contributed by atoms with van der Waals surface area (Å²) in [5.74, 6) is -1.41. The average Bonchev–Trinajstić information content (AvgIpc) is 2.56. The van der Waals surface area contributed by atoms with E-state index in [9.17, 15) is 9.59 Å². The number of nitrogens with zero attached hydrogens (tertiary/aromatic N) is 1. The minimum Gasteiger partial charge on any atom is -0.406 e. The van der Waals surface area contributed by atoms with Gasteiger partial charge in [0.15, 0.2) is 0 Å². The van der Waals surface area contributed by atoms with Gasteiger partial charge in [0.1, 0.15) is 10.0 Å². The van der Waals surface area contributed by atoms with E-state index in [1.807, 2.05) is 0 Å². The maximum Gasteiger partial charge on any atom is 0.347 e. The molecule has 9 heteroatoms. The lowest BCUT2D eigenvalue weighted by Gasteiger charge is -2.05. The predicted octanol–water partition coefficient (Wildman–Crippen LogP) is 2.89. The van der Waals surface area contributed by atoms with Gasteiger partial charge >= 0.3 is 11.9 Å². The van der Waals surface area contributed by atoms with Crippen LogP contribution < -0.4 is 9.64 Å². The summed E-state index contributed by atoms with van der Waals surface area (Å²) in [7, 11) is 1.38. The van der Waals surface area contributed by atoms with E-state index in [1.165, 1.54) is 7.05 Å². The average molecular weight is 321 g/mol. The van der Waals surface area contributed by atoms with Gasteiger partial charge in [0, 0.05) is 7.05 Å². The number of hydrogen-bond donors (Lipinski definition) is 0. The summed E-state index contributed by atoms with van der Waals surface area (Å²) in [5, 5.41) is -0.220. The summed E-state index contributed by atoms with van der Waals surface area (Å²) in [5.41, 5.74) is 0. The van der Waals surface area contributed by atoms with Gasteiger partial charge < -0.3 is 9.15 Å². The highest BCUT2D eigenvalue weighted by Crippen LogP contribution is 2.42. The van der Waals surface area contributed by atoms with Crippen molar-refractivity contribution < 1.29 is 18.7 Å². The highest BCUT2D eigenvalue weighted by molar-refractivity contribution is 6.53. The van der Waals surface area contributed by atoms with Gasteiger partial charge in [-0.1, -0.05) is 46.4 Å². The van der Waals surface area contributed by atoms with Gasteiger partial charge in [0.25, 0.3) is 0 Å². The Morgan fingerprint density at radius 2 is 2.00 bits per heavy atom. The quantitative estimate of drug-likeness (QED) is 0.486. The van der Waals surface area contributed by atoms with Crippen molar-refractivity contribution in [2.24, 2.45) is 0 Å². The van der Waals surface area contributed by atoms with Crippen molar-refractivity contribution in [3.8, 4) is 5.95 Å². The molecule has 0 unspecified atom stereocenters. The van der Waals surface area contributed by atoms with Gasteiger partial charge in [0.2, 0.25) is 17.1 Å². The van der Waals surface area contributed by atoms with Crippen LogP contribution in [0.5, 0.6) is 5.95 Å². The molecule has 1 aromatic rings. The SMILES string of the molecule is CN(C=O)c1oc(OC(=O)C(Cl)Cl)c(Cl)c1Cl. The lowest BCUT2D eigenvalue weighted by Crippen LogP contribution is -2.15. The summed E-state index contributed by atoms with van der Waals surface area (Å²) < 4.78 is 9.62. The topological polar surface area (TPSA) is 59.8 Å². The van der Waals surface area contributed by atoms with Gasteiger partial charge in [-0.25, -0.2) is 4.79 Å². The second-order valence-electron chi connectivity index (χ2n) is 2.76. The van der Waals surface area contributed by atoms with E-state index in [2.05, 4.69) is 4.74 Å². The molecule has 0 aromatic carbocycles. The van der Waals surface area contributed by atoms with Gasteiger partial charge in [0.05, 0.1) is 0 Å². The van der Waals surface area contributed by atoms with Gasteiger partial charge in [-0.15, -0.1) is 0 Å². The molecule has 1 aromatic heterocycles. The molecule has 0 N–H and O–H groups in total. The zero-order valence-corrected chi connectivity index (χ0v) is 11.3. The summed E-state index contributed by atoms with van der Waals surface area (Å²) in [6.45, 7) is 0. The Bertz CT molecular complexity index is 445. The standard InChI is InChI=1S/C8H5Cl4NO4/c1-13(2-14)6-3(9)4(10)8(16-6)17-7(15)5(11)12/h2,5H,1H3. The number of alkyl halides is 2. The van der Waals surface area contributed by atoms with Crippen molar-refractivity contribution in [2.75, 3.05) is 11.9 Å². The fourth-order valence-corrected chi connectivity index (χ4v) is 1.33. The van der Waals surface area contributed by atoms with Gasteiger partial charge in [-0.2, -0.15) is 0 Å². The van der Waals surface area contributed by atoms with Crippen molar-refractivity contribution in [1.82, 2.24) is 0 Å². The lowest BCUT2D eigenvalue weighted by molar-refractivity contribution is -0.133. The molecule has 0 aliphatic rings. The first-order valence-corrected chi connectivity index (χ1v) is 5.67. The van der Waals surface area contributed by atoms with Crippen LogP contribution in [0.4, 0.5) is 5.88 Å². The number of carbonyl (C=O) groups excluding carboxylic acids is 2. The van der Waals surface area contributed by atoms with Crippen LogP contribution in [0, 0.1) is 0 Å². The molecule has 94 valence electrons. The summed E-state index contributed by atoms with van der Waals surface area (Å²) in [6, 6.07) is 0. The largest absolute Gasteiger partial charge is 0.406 e. The summed E-state index contributed by atoms with van der Waals surface area (Å²) in [6.07, 6.45) is 0.443. The second kappa shape index (κ2) is 5.82. The highest BCUT2D eigenvalue weighted by atomic mass is 35.5. The predicted molar refractivity (Wildman–Crippen MR) is 64.3 cm³/mol. The molecule has 5 nitrogen and oxygen atoms in total. The second-order valence-corrected chi connectivity index (χ2v) is 4.61. The molecule has 0 fully saturated rings. The van der Waals surface area contributed by atoms with E-state index in [0.29, 0.717) is 6.41 Å². The van der Waals surface area contributed by atoms with Crippen LogP contribution in [0.1, 0.15) is 0 Å². The maximum absolute atomic E-state index is 11.1. The van der Waals surface area contributed by atoms with E-state index >= 15 is 0 Å². The first kappa shape index (κ1) is 14.4. The van der Waals surface area contributed by atoms with E-state index < -0.39 is 10.8 Å². The number of esters is 1. The fraction of sp³-hybridized carbons (Fsp3) is 0.250. The van der Waals surface area contributed by atoms with E-state index in [-0.39, 0.29) is 21.9 Å². The zero-order valence-electron chi connectivity index (χ0n) is 8.25. The number of halogens is 4. The monoisotopic (exact) mass is 319 g/mol. The molecule has 0 aliphatic carbocycles. The third kappa shape index (κ3) is 3.19. The van der Waals surface area contributed by atoms with Crippen LogP contribution in [-0.4, -0.2) is 24.3 Å². The van der Waals surface area contributed by atoms with E-state index in [4.69, 9.17) is 50.8 Å². The Kier molecular flexibility index (Phi) is 4.94. The molecule has 0 radical (unpaired) electrons. The molecule has 0 saturated heterocycles. The van der Waals surface area contributed by atoms with E-state index in [0.717, 1.165) is 4.90 Å². The van der Waals surface area contributed by atoms with Crippen molar-refractivity contribution >= 4 is 64.7 Å². The van der Waals surface area contributed by atoms with E-state index in [1.54, 1.807) is 0 Å². The number of ether oxygens (including phenoxy) is 1. The smallest absolute Gasteiger partial charge is 0.347 e. The van der Waals surface area contributed by atoms with Crippen molar-refractivity contribution in [1.29, 1.82) is 0 Å². The van der Waals surface area contributed by atoms with Crippen LogP contribution in [0.15, 0.2) is 4.42 Å². The first-order valence-electron chi connectivity index (χ1n) is 4.04. The zero-order chi connectivity index (χ0) is 13.2. The Morgan fingerprint density at radius 1 is 1.41 bits per heavy atom. The normalized spacial score (nSPS) is 10.5. The number of amides is 1. The summed E-state index contributed by atoms with van der Waals surface area (Å²) >= 11 is 22.0. The van der Waals surface area contributed by atoms with Crippen LogP contribution in [0.3, 0.4) is 0 Å². The Morgan fingerprint density at radius 3 is 2.47 bits per heavy atom. The third-order valence-corrected chi connectivity index (χ3v) is 2.75. The number of rotatable bonds is 4. The Labute approximate surface area is 116 Å². The van der Waals surface area contributed by atoms with Crippen molar-refractivity contribution in [3.05, 3.63) is 10.0 Å². The van der Waals surface area contributed by atoms with Crippen molar-refractivity contribution in [3.63, 3.8) is 0 Å². The number of anilines is 1. The molecular weight excluding hydrogens is 316 g/mol. The molecule has 0 spiro atoms. The number of hydrogen-bond acceptors (Lipinski definition) is 4. The van der Waals surface area contributed by atoms with Crippen LogP contribution >= 0.6 is 46.4 Å². The molecule has 1 amide bonds. The molecule has 1 heterocycles. The Balaban J connectivity index is 3.03. The fourth-order valence-electron chi connectivity index (χ4n) is 0.837. The molecule has 0 aliphatic heterocycles. The summed E-state index contributed by atoms with van der Waals surface area (Å²) in [4.78, 5) is 21.2. The van der Waals surface area contributed by atoms with Crippen LogP contribution in [0.2, 0.25) is 10.0 Å². The molecule has 0 atom stereocenters. The molecular formula is C8H5Cl4NO4. The third-order valence-electron chi connectivity index (χ3n) is 1.60. The molecule has 0 saturated carbocycles. The van der Waals surface area contributed by atoms with Crippen molar-refractivity contribution in [2.45, 2.75) is 4.84 Å². The van der Waals surface area contributed by atoms with Crippen LogP contribution in [-0.2, 0) is 9.59 Å². The van der Waals surface area contributed by atoms with Gasteiger partial charge in [-0.05, 0) is 0 Å². The lowest BCUT2D eigenvalue weighted by atomic mass is 10.5.